The Morgan fingerprint density at radius 3 is 2.58 bits per heavy atom. The van der Waals surface area contributed by atoms with Crippen LogP contribution in [0.4, 0.5) is 4.79 Å². The molecule has 0 saturated carbocycles. The lowest BCUT2D eigenvalue weighted by atomic mass is 10.1. The zero-order valence-electron chi connectivity index (χ0n) is 17.2. The number of hydrogen-bond donors (Lipinski definition) is 1. The molecule has 0 atom stereocenters. The van der Waals surface area contributed by atoms with Gasteiger partial charge in [-0.1, -0.05) is 23.4 Å². The highest BCUT2D eigenvalue weighted by molar-refractivity contribution is 7.99. The maximum absolute atomic E-state index is 12.3. The van der Waals surface area contributed by atoms with Crippen LogP contribution < -0.4 is 5.32 Å². The van der Waals surface area contributed by atoms with Crippen LogP contribution in [0.2, 0.25) is 5.02 Å². The summed E-state index contributed by atoms with van der Waals surface area (Å²) < 4.78 is 7.50. The van der Waals surface area contributed by atoms with Crippen LogP contribution in [0.1, 0.15) is 26.0 Å². The molecule has 0 bridgehead atoms. The highest BCUT2D eigenvalue weighted by Gasteiger charge is 2.43. The van der Waals surface area contributed by atoms with Gasteiger partial charge in [0.15, 0.2) is 11.0 Å². The first-order valence-corrected chi connectivity index (χ1v) is 11.2. The zero-order valence-corrected chi connectivity index (χ0v) is 18.7. The fourth-order valence-electron chi connectivity index (χ4n) is 3.32. The average molecular weight is 460 g/mol. The molecule has 4 rings (SSSR count). The van der Waals surface area contributed by atoms with E-state index < -0.39 is 5.54 Å². The Labute approximate surface area is 189 Å². The first-order chi connectivity index (χ1) is 14.8. The lowest BCUT2D eigenvalue weighted by molar-refractivity contribution is -0.130. The van der Waals surface area contributed by atoms with E-state index in [9.17, 15) is 9.59 Å². The monoisotopic (exact) mass is 459 g/mol. The second-order valence-electron chi connectivity index (χ2n) is 7.69. The van der Waals surface area contributed by atoms with Crippen LogP contribution in [0.3, 0.4) is 0 Å². The van der Waals surface area contributed by atoms with Gasteiger partial charge in [-0.3, -0.25) is 14.3 Å². The predicted molar refractivity (Wildman–Crippen MR) is 118 cm³/mol. The Balaban J connectivity index is 1.46. The normalized spacial score (nSPS) is 15.5. The van der Waals surface area contributed by atoms with Crippen molar-refractivity contribution in [2.75, 3.05) is 12.3 Å². The first kappa shape index (κ1) is 21.5. The molecule has 0 aliphatic carbocycles. The van der Waals surface area contributed by atoms with E-state index in [0.717, 1.165) is 16.5 Å². The van der Waals surface area contributed by atoms with Crippen molar-refractivity contribution >= 4 is 35.3 Å². The van der Waals surface area contributed by atoms with E-state index in [4.69, 9.17) is 16.0 Å². The molecule has 3 amide bonds. The van der Waals surface area contributed by atoms with Crippen molar-refractivity contribution in [2.24, 2.45) is 0 Å². The summed E-state index contributed by atoms with van der Waals surface area (Å²) in [5.74, 6) is 1.98. The van der Waals surface area contributed by atoms with Crippen LogP contribution >= 0.6 is 23.4 Å². The second-order valence-corrected chi connectivity index (χ2v) is 9.19. The number of amides is 3. The molecule has 162 valence electrons. The van der Waals surface area contributed by atoms with Crippen LogP contribution in [0.25, 0.3) is 11.4 Å². The SMILES string of the molecule is CC1(C)NC(=O)N(CCCSc2nnc(-c3ccc(Cl)cc3)n2Cc2ccco2)C1=O. The molecule has 0 unspecified atom stereocenters. The van der Waals surface area contributed by atoms with Crippen molar-refractivity contribution in [1.29, 1.82) is 0 Å². The Morgan fingerprint density at radius 2 is 1.94 bits per heavy atom. The molecule has 1 aliphatic rings. The summed E-state index contributed by atoms with van der Waals surface area (Å²) in [6.45, 7) is 4.26. The van der Waals surface area contributed by atoms with Crippen molar-refractivity contribution in [3.05, 3.63) is 53.4 Å². The molecule has 1 saturated heterocycles. The number of nitrogens with zero attached hydrogens (tertiary/aromatic N) is 4. The number of hydrogen-bond acceptors (Lipinski definition) is 6. The number of imide groups is 1. The minimum Gasteiger partial charge on any atom is -0.467 e. The lowest BCUT2D eigenvalue weighted by Gasteiger charge is -2.15. The summed E-state index contributed by atoms with van der Waals surface area (Å²) in [5, 5.41) is 12.8. The molecular formula is C21H22ClN5O3S. The molecule has 0 radical (unpaired) electrons. The Kier molecular flexibility index (Phi) is 6.06. The first-order valence-electron chi connectivity index (χ1n) is 9.83. The molecule has 8 nitrogen and oxygen atoms in total. The number of carbonyl (C=O) groups excluding carboxylic acids is 2. The molecular weight excluding hydrogens is 438 g/mol. The van der Waals surface area contributed by atoms with Gasteiger partial charge in [0, 0.05) is 22.9 Å². The summed E-state index contributed by atoms with van der Waals surface area (Å²) in [5.41, 5.74) is 0.0536. The van der Waals surface area contributed by atoms with Gasteiger partial charge < -0.3 is 9.73 Å². The third kappa shape index (κ3) is 4.62. The number of benzene rings is 1. The highest BCUT2D eigenvalue weighted by atomic mass is 35.5. The molecule has 10 heteroatoms. The number of nitrogens with one attached hydrogen (secondary N) is 1. The molecule has 3 aromatic rings. The number of thioether (sulfide) groups is 1. The maximum atomic E-state index is 12.3. The number of aromatic nitrogens is 3. The third-order valence-corrected chi connectivity index (χ3v) is 6.22. The lowest BCUT2D eigenvalue weighted by Crippen LogP contribution is -2.40. The average Bonchev–Trinajstić information content (AvgIpc) is 3.42. The third-order valence-electron chi connectivity index (χ3n) is 4.91. The van der Waals surface area contributed by atoms with Gasteiger partial charge in [0.25, 0.3) is 5.91 Å². The second kappa shape index (κ2) is 8.76. The fraction of sp³-hybridized carbons (Fsp3) is 0.333. The van der Waals surface area contributed by atoms with Crippen molar-refractivity contribution in [3.63, 3.8) is 0 Å². The van der Waals surface area contributed by atoms with E-state index in [-0.39, 0.29) is 11.9 Å². The van der Waals surface area contributed by atoms with Crippen LogP contribution in [0, 0.1) is 0 Å². The zero-order chi connectivity index (χ0) is 22.0. The van der Waals surface area contributed by atoms with E-state index in [2.05, 4.69) is 15.5 Å². The van der Waals surface area contributed by atoms with Gasteiger partial charge in [-0.05, 0) is 56.7 Å². The van der Waals surface area contributed by atoms with Gasteiger partial charge in [0.1, 0.15) is 11.3 Å². The number of rotatable bonds is 8. The topological polar surface area (TPSA) is 93.3 Å². The van der Waals surface area contributed by atoms with Gasteiger partial charge in [-0.15, -0.1) is 10.2 Å². The van der Waals surface area contributed by atoms with Crippen LogP contribution in [0.15, 0.2) is 52.2 Å². The summed E-state index contributed by atoms with van der Waals surface area (Å²) in [6.07, 6.45) is 2.28. The van der Waals surface area contributed by atoms with Crippen molar-refractivity contribution in [3.8, 4) is 11.4 Å². The van der Waals surface area contributed by atoms with E-state index in [1.807, 2.05) is 41.0 Å². The maximum Gasteiger partial charge on any atom is 0.325 e. The predicted octanol–water partition coefficient (Wildman–Crippen LogP) is 4.05. The standard InChI is InChI=1S/C21H22ClN5O3S/c1-21(2)18(28)26(19(29)23-21)10-4-12-31-20-25-24-17(14-6-8-15(22)9-7-14)27(20)13-16-5-3-11-30-16/h3,5-9,11H,4,10,12-13H2,1-2H3,(H,23,29). The van der Waals surface area contributed by atoms with Crippen LogP contribution in [-0.4, -0.2) is 49.4 Å². The number of urea groups is 1. The molecule has 1 fully saturated rings. The Morgan fingerprint density at radius 1 is 1.16 bits per heavy atom. The number of halogens is 1. The molecule has 1 aromatic carbocycles. The summed E-state index contributed by atoms with van der Waals surface area (Å²) in [7, 11) is 0. The molecule has 1 aliphatic heterocycles. The van der Waals surface area contributed by atoms with Gasteiger partial charge in [-0.25, -0.2) is 4.79 Å². The highest BCUT2D eigenvalue weighted by Crippen LogP contribution is 2.27. The van der Waals surface area contributed by atoms with Crippen molar-refractivity contribution in [1.82, 2.24) is 25.0 Å². The number of furan rings is 1. The molecule has 31 heavy (non-hydrogen) atoms. The van der Waals surface area contributed by atoms with E-state index in [1.165, 1.54) is 16.7 Å². The summed E-state index contributed by atoms with van der Waals surface area (Å²) >= 11 is 7.54. The van der Waals surface area contributed by atoms with Gasteiger partial charge in [0.2, 0.25) is 0 Å². The molecule has 3 heterocycles. The largest absolute Gasteiger partial charge is 0.467 e. The van der Waals surface area contributed by atoms with Crippen molar-refractivity contribution in [2.45, 2.75) is 37.5 Å². The number of carbonyl (C=O) groups is 2. The van der Waals surface area contributed by atoms with Crippen molar-refractivity contribution < 1.29 is 14.0 Å². The summed E-state index contributed by atoms with van der Waals surface area (Å²) in [4.78, 5) is 25.6. The van der Waals surface area contributed by atoms with Crippen LogP contribution in [-0.2, 0) is 11.3 Å². The van der Waals surface area contributed by atoms with E-state index in [1.54, 1.807) is 20.1 Å². The van der Waals surface area contributed by atoms with Crippen LogP contribution in [0.5, 0.6) is 0 Å². The molecule has 1 N–H and O–H groups in total. The van der Waals surface area contributed by atoms with Gasteiger partial charge >= 0.3 is 6.03 Å². The Hall–Kier alpha value is -2.78. The fourth-order valence-corrected chi connectivity index (χ4v) is 4.30. The summed E-state index contributed by atoms with van der Waals surface area (Å²) in [6, 6.07) is 10.8. The minimum absolute atomic E-state index is 0.200. The quantitative estimate of drug-likeness (QED) is 0.310. The van der Waals surface area contributed by atoms with Gasteiger partial charge in [-0.2, -0.15) is 0 Å². The Bertz CT molecular complexity index is 1080. The van der Waals surface area contributed by atoms with Gasteiger partial charge in [0.05, 0.1) is 12.8 Å². The molecule has 0 spiro atoms. The smallest absolute Gasteiger partial charge is 0.325 e. The minimum atomic E-state index is -0.846. The molecule has 2 aromatic heterocycles. The van der Waals surface area contributed by atoms with E-state index in [0.29, 0.717) is 36.1 Å². The van der Waals surface area contributed by atoms with E-state index >= 15 is 0 Å².